The molecule has 0 aliphatic rings. The standard InChI is InChI=1S/C13H21N3O2/c1-4-16(5-2)12-7-6-11(10-14-12)15(3)9-8-13(17)18/h6-7,10H,4-5,8-9H2,1-3H3,(H,17,18). The average Bonchev–Trinajstić information content (AvgIpc) is 2.38. The first-order valence-electron chi connectivity index (χ1n) is 6.22. The minimum absolute atomic E-state index is 0.133. The van der Waals surface area contributed by atoms with Crippen LogP contribution in [0.3, 0.4) is 0 Å². The van der Waals surface area contributed by atoms with Gasteiger partial charge < -0.3 is 14.9 Å². The zero-order valence-electron chi connectivity index (χ0n) is 11.3. The first-order chi connectivity index (χ1) is 8.58. The lowest BCUT2D eigenvalue weighted by Crippen LogP contribution is -2.24. The molecular formula is C13H21N3O2. The Morgan fingerprint density at radius 2 is 2.00 bits per heavy atom. The highest BCUT2D eigenvalue weighted by atomic mass is 16.4. The van der Waals surface area contributed by atoms with E-state index in [-0.39, 0.29) is 6.42 Å². The zero-order valence-corrected chi connectivity index (χ0v) is 11.3. The van der Waals surface area contributed by atoms with Gasteiger partial charge in [-0.25, -0.2) is 4.98 Å². The van der Waals surface area contributed by atoms with Crippen molar-refractivity contribution in [3.8, 4) is 0 Å². The molecule has 0 unspecified atom stereocenters. The molecule has 0 radical (unpaired) electrons. The fraction of sp³-hybridized carbons (Fsp3) is 0.538. The van der Waals surface area contributed by atoms with E-state index in [1.54, 1.807) is 6.20 Å². The molecule has 0 aliphatic carbocycles. The Kier molecular flexibility index (Phi) is 5.42. The van der Waals surface area contributed by atoms with E-state index >= 15 is 0 Å². The molecule has 0 spiro atoms. The molecule has 0 fully saturated rings. The van der Waals surface area contributed by atoms with Gasteiger partial charge in [0.25, 0.3) is 0 Å². The monoisotopic (exact) mass is 251 g/mol. The van der Waals surface area contributed by atoms with Gasteiger partial charge in [0.05, 0.1) is 18.3 Å². The third kappa shape index (κ3) is 3.91. The van der Waals surface area contributed by atoms with Crippen molar-refractivity contribution < 1.29 is 9.90 Å². The average molecular weight is 251 g/mol. The smallest absolute Gasteiger partial charge is 0.305 e. The Labute approximate surface area is 108 Å². The number of rotatable bonds is 7. The molecule has 1 rings (SSSR count). The van der Waals surface area contributed by atoms with Crippen molar-refractivity contribution in [1.82, 2.24) is 4.98 Å². The minimum atomic E-state index is -0.783. The minimum Gasteiger partial charge on any atom is -0.481 e. The van der Waals surface area contributed by atoms with E-state index in [0.717, 1.165) is 24.6 Å². The van der Waals surface area contributed by atoms with Crippen LogP contribution in [0.1, 0.15) is 20.3 Å². The van der Waals surface area contributed by atoms with Crippen molar-refractivity contribution in [2.24, 2.45) is 0 Å². The molecule has 1 aromatic rings. The largest absolute Gasteiger partial charge is 0.481 e. The summed E-state index contributed by atoms with van der Waals surface area (Å²) >= 11 is 0. The highest BCUT2D eigenvalue weighted by Gasteiger charge is 2.06. The van der Waals surface area contributed by atoms with Gasteiger partial charge in [-0.15, -0.1) is 0 Å². The molecule has 18 heavy (non-hydrogen) atoms. The predicted molar refractivity (Wildman–Crippen MR) is 73.3 cm³/mol. The molecule has 0 amide bonds. The summed E-state index contributed by atoms with van der Waals surface area (Å²) in [5.41, 5.74) is 0.937. The lowest BCUT2D eigenvalue weighted by atomic mass is 10.3. The lowest BCUT2D eigenvalue weighted by Gasteiger charge is -2.22. The summed E-state index contributed by atoms with van der Waals surface area (Å²) in [6.07, 6.45) is 1.92. The van der Waals surface area contributed by atoms with Gasteiger partial charge in [0.2, 0.25) is 0 Å². The first kappa shape index (κ1) is 14.3. The first-order valence-corrected chi connectivity index (χ1v) is 6.22. The number of carbonyl (C=O) groups is 1. The highest BCUT2D eigenvalue weighted by Crippen LogP contribution is 2.16. The number of carboxylic acids is 1. The summed E-state index contributed by atoms with van der Waals surface area (Å²) in [6.45, 7) is 6.53. The fourth-order valence-corrected chi connectivity index (χ4v) is 1.73. The summed E-state index contributed by atoms with van der Waals surface area (Å²) in [6, 6.07) is 3.95. The number of aliphatic carboxylic acids is 1. The van der Waals surface area contributed by atoms with Gasteiger partial charge >= 0.3 is 5.97 Å². The molecule has 0 saturated carbocycles. The molecule has 0 aliphatic heterocycles. The Balaban J connectivity index is 2.66. The van der Waals surface area contributed by atoms with Gasteiger partial charge in [0.1, 0.15) is 5.82 Å². The maximum absolute atomic E-state index is 10.5. The van der Waals surface area contributed by atoms with Crippen LogP contribution in [0.4, 0.5) is 11.5 Å². The van der Waals surface area contributed by atoms with Crippen molar-refractivity contribution in [3.05, 3.63) is 18.3 Å². The van der Waals surface area contributed by atoms with E-state index in [4.69, 9.17) is 5.11 Å². The second-order valence-corrected chi connectivity index (χ2v) is 4.11. The highest BCUT2D eigenvalue weighted by molar-refractivity contribution is 5.67. The molecule has 0 bridgehead atoms. The molecule has 1 N–H and O–H groups in total. The van der Waals surface area contributed by atoms with E-state index in [1.165, 1.54) is 0 Å². The molecule has 1 heterocycles. The van der Waals surface area contributed by atoms with Crippen molar-refractivity contribution in [3.63, 3.8) is 0 Å². The zero-order chi connectivity index (χ0) is 13.5. The summed E-state index contributed by atoms with van der Waals surface area (Å²) in [7, 11) is 1.87. The lowest BCUT2D eigenvalue weighted by molar-refractivity contribution is -0.136. The van der Waals surface area contributed by atoms with Crippen LogP contribution in [0.25, 0.3) is 0 Å². The Morgan fingerprint density at radius 1 is 1.33 bits per heavy atom. The molecule has 5 heteroatoms. The Bertz CT molecular complexity index is 374. The molecule has 5 nitrogen and oxygen atoms in total. The van der Waals surface area contributed by atoms with Crippen molar-refractivity contribution in [1.29, 1.82) is 0 Å². The van der Waals surface area contributed by atoms with Crippen LogP contribution >= 0.6 is 0 Å². The van der Waals surface area contributed by atoms with Crippen LogP contribution < -0.4 is 9.80 Å². The van der Waals surface area contributed by atoms with Gasteiger partial charge in [0, 0.05) is 26.7 Å². The number of carboxylic acid groups (broad SMARTS) is 1. The number of hydrogen-bond donors (Lipinski definition) is 1. The van der Waals surface area contributed by atoms with Gasteiger partial charge in [-0.1, -0.05) is 0 Å². The SMILES string of the molecule is CCN(CC)c1ccc(N(C)CCC(=O)O)cn1. The number of nitrogens with zero attached hydrogens (tertiary/aromatic N) is 3. The van der Waals surface area contributed by atoms with Crippen LogP contribution in [0.15, 0.2) is 18.3 Å². The third-order valence-corrected chi connectivity index (χ3v) is 2.92. The number of pyridine rings is 1. The van der Waals surface area contributed by atoms with E-state index in [9.17, 15) is 4.79 Å². The van der Waals surface area contributed by atoms with Crippen LogP contribution in [0.2, 0.25) is 0 Å². The van der Waals surface area contributed by atoms with E-state index in [1.807, 2.05) is 24.1 Å². The van der Waals surface area contributed by atoms with Crippen molar-refractivity contribution >= 4 is 17.5 Å². The summed E-state index contributed by atoms with van der Waals surface area (Å²) in [4.78, 5) is 19.0. The van der Waals surface area contributed by atoms with Crippen LogP contribution in [-0.4, -0.2) is 42.7 Å². The summed E-state index contributed by atoms with van der Waals surface area (Å²) < 4.78 is 0. The van der Waals surface area contributed by atoms with E-state index < -0.39 is 5.97 Å². The van der Waals surface area contributed by atoms with Gasteiger partial charge in [0.15, 0.2) is 0 Å². The second-order valence-electron chi connectivity index (χ2n) is 4.11. The van der Waals surface area contributed by atoms with Crippen molar-refractivity contribution in [2.75, 3.05) is 36.5 Å². The number of aromatic nitrogens is 1. The molecule has 0 aromatic carbocycles. The van der Waals surface area contributed by atoms with Crippen LogP contribution in [-0.2, 0) is 4.79 Å². The molecular weight excluding hydrogens is 230 g/mol. The third-order valence-electron chi connectivity index (χ3n) is 2.92. The Morgan fingerprint density at radius 3 is 2.44 bits per heavy atom. The number of hydrogen-bond acceptors (Lipinski definition) is 4. The Hall–Kier alpha value is -1.78. The molecule has 0 saturated heterocycles. The topological polar surface area (TPSA) is 56.7 Å². The van der Waals surface area contributed by atoms with Crippen LogP contribution in [0, 0.1) is 0 Å². The summed E-state index contributed by atoms with van der Waals surface area (Å²) in [5, 5.41) is 8.64. The van der Waals surface area contributed by atoms with E-state index in [2.05, 4.69) is 23.7 Å². The molecule has 100 valence electrons. The fourth-order valence-electron chi connectivity index (χ4n) is 1.73. The van der Waals surface area contributed by atoms with Gasteiger partial charge in [-0.2, -0.15) is 0 Å². The maximum atomic E-state index is 10.5. The maximum Gasteiger partial charge on any atom is 0.305 e. The van der Waals surface area contributed by atoms with Crippen LogP contribution in [0.5, 0.6) is 0 Å². The van der Waals surface area contributed by atoms with Gasteiger partial charge in [-0.05, 0) is 26.0 Å². The number of anilines is 2. The predicted octanol–water partition coefficient (Wildman–Crippen LogP) is 1.84. The van der Waals surface area contributed by atoms with Crippen molar-refractivity contribution in [2.45, 2.75) is 20.3 Å². The quantitative estimate of drug-likeness (QED) is 0.801. The second kappa shape index (κ2) is 6.83. The van der Waals surface area contributed by atoms with Gasteiger partial charge in [-0.3, -0.25) is 4.79 Å². The molecule has 0 atom stereocenters. The summed E-state index contributed by atoms with van der Waals surface area (Å²) in [5.74, 6) is 0.171. The normalized spacial score (nSPS) is 10.2. The van der Waals surface area contributed by atoms with E-state index in [0.29, 0.717) is 6.54 Å². The molecule has 1 aromatic heterocycles.